The molecule has 0 amide bonds. The Labute approximate surface area is 154 Å². The summed E-state index contributed by atoms with van der Waals surface area (Å²) in [6.45, 7) is 3.97. The van der Waals surface area contributed by atoms with E-state index in [0.29, 0.717) is 11.6 Å². The predicted octanol–water partition coefficient (Wildman–Crippen LogP) is 3.45. The van der Waals surface area contributed by atoms with Gasteiger partial charge >= 0.3 is 0 Å². The number of halogens is 2. The van der Waals surface area contributed by atoms with Crippen LogP contribution < -0.4 is 0 Å². The summed E-state index contributed by atoms with van der Waals surface area (Å²) in [4.78, 5) is 9.24. The minimum atomic E-state index is -0.567. The Hall–Kier alpha value is -3.42. The molecule has 4 aromatic rings. The van der Waals surface area contributed by atoms with E-state index in [-0.39, 0.29) is 0 Å². The maximum atomic E-state index is 13.2. The van der Waals surface area contributed by atoms with Crippen molar-refractivity contribution in [2.75, 3.05) is 0 Å². The van der Waals surface area contributed by atoms with Crippen LogP contribution in [0.5, 0.6) is 0 Å². The van der Waals surface area contributed by atoms with Gasteiger partial charge in [-0.25, -0.2) is 19.3 Å². The highest BCUT2D eigenvalue weighted by Gasteiger charge is 2.27. The third-order valence-electron chi connectivity index (χ3n) is 4.33. The lowest BCUT2D eigenvalue weighted by Crippen LogP contribution is -2.23. The Morgan fingerprint density at radius 3 is 1.52 bits per heavy atom. The number of pyridine rings is 2. The van der Waals surface area contributed by atoms with Gasteiger partial charge in [0.2, 0.25) is 11.9 Å². The molecule has 0 fully saturated rings. The molecule has 8 heteroatoms. The van der Waals surface area contributed by atoms with Crippen LogP contribution in [-0.4, -0.2) is 29.5 Å². The van der Waals surface area contributed by atoms with Gasteiger partial charge in [-0.15, -0.1) is 10.2 Å². The van der Waals surface area contributed by atoms with Gasteiger partial charge in [0.25, 0.3) is 0 Å². The summed E-state index contributed by atoms with van der Waals surface area (Å²) in [5.41, 5.74) is 0.933. The highest BCUT2D eigenvalue weighted by Crippen LogP contribution is 2.29. The smallest absolute Gasteiger partial charge is 0.233 e. The first kappa shape index (κ1) is 17.0. The average Bonchev–Trinajstić information content (AvgIpc) is 3.30. The number of hydrogen-bond acceptors (Lipinski definition) is 4. The third-order valence-corrected chi connectivity index (χ3v) is 4.33. The van der Waals surface area contributed by atoms with Crippen molar-refractivity contribution >= 4 is 0 Å². The first-order chi connectivity index (χ1) is 12.9. The van der Waals surface area contributed by atoms with Gasteiger partial charge < -0.3 is 0 Å². The normalized spacial score (nSPS) is 11.7. The summed E-state index contributed by atoms with van der Waals surface area (Å²) in [5, 5.41) is 7.52. The Morgan fingerprint density at radius 1 is 0.704 bits per heavy atom. The highest BCUT2D eigenvalue weighted by molar-refractivity contribution is 5.35. The predicted molar refractivity (Wildman–Crippen MR) is 94.8 cm³/mol. The van der Waals surface area contributed by atoms with Gasteiger partial charge in [0.15, 0.2) is 11.6 Å². The molecule has 27 heavy (non-hydrogen) atoms. The fourth-order valence-corrected chi connectivity index (χ4v) is 2.79. The van der Waals surface area contributed by atoms with E-state index in [9.17, 15) is 8.78 Å². The molecule has 0 N–H and O–H groups in total. The van der Waals surface area contributed by atoms with E-state index in [1.54, 1.807) is 12.1 Å². The summed E-state index contributed by atoms with van der Waals surface area (Å²) >= 11 is 0. The number of rotatable bonds is 4. The zero-order valence-electron chi connectivity index (χ0n) is 14.7. The van der Waals surface area contributed by atoms with E-state index < -0.39 is 17.3 Å². The average molecular weight is 366 g/mol. The molecule has 4 rings (SSSR count). The summed E-state index contributed by atoms with van der Waals surface area (Å²) in [5.74, 6) is -0.117. The van der Waals surface area contributed by atoms with Crippen molar-refractivity contribution in [3.63, 3.8) is 0 Å². The molecule has 0 aliphatic heterocycles. The van der Waals surface area contributed by atoms with Crippen LogP contribution in [0.4, 0.5) is 8.78 Å². The van der Waals surface area contributed by atoms with Crippen molar-refractivity contribution in [3.8, 4) is 11.6 Å². The molecule has 4 heterocycles. The summed E-state index contributed by atoms with van der Waals surface area (Å²) in [6.07, 6.45) is 3.03. The molecule has 0 atom stereocenters. The van der Waals surface area contributed by atoms with E-state index in [4.69, 9.17) is 0 Å². The molecule has 0 aliphatic carbocycles. The Balaban J connectivity index is 1.73. The third kappa shape index (κ3) is 3.21. The lowest BCUT2D eigenvalue weighted by Gasteiger charge is -2.24. The Morgan fingerprint density at radius 2 is 1.15 bits per heavy atom. The van der Waals surface area contributed by atoms with Crippen molar-refractivity contribution in [2.24, 2.45) is 0 Å². The molecule has 0 aliphatic rings. The Bertz CT molecular complexity index is 1010. The molecule has 136 valence electrons. The molecule has 4 aromatic heterocycles. The van der Waals surface area contributed by atoms with Crippen LogP contribution in [0.1, 0.15) is 25.2 Å². The molecule has 0 aromatic carbocycles. The largest absolute Gasteiger partial charge is 0.233 e. The second kappa shape index (κ2) is 6.39. The molecule has 0 bridgehead atoms. The van der Waals surface area contributed by atoms with E-state index in [0.717, 1.165) is 11.4 Å². The van der Waals surface area contributed by atoms with Crippen molar-refractivity contribution < 1.29 is 8.78 Å². The maximum absolute atomic E-state index is 13.2. The minimum Gasteiger partial charge on any atom is -0.233 e. The zero-order valence-corrected chi connectivity index (χ0v) is 14.7. The molecule has 6 nitrogen and oxygen atoms in total. The molecule has 0 spiro atoms. The lowest BCUT2D eigenvalue weighted by molar-refractivity contribution is 0.557. The fraction of sp³-hybridized carbons (Fsp3) is 0.158. The molecule has 0 unspecified atom stereocenters. The van der Waals surface area contributed by atoms with Crippen LogP contribution >= 0.6 is 0 Å². The molecule has 0 saturated heterocycles. The zero-order chi connectivity index (χ0) is 19.0. The van der Waals surface area contributed by atoms with Crippen LogP contribution in [0.2, 0.25) is 0 Å². The summed E-state index contributed by atoms with van der Waals surface area (Å²) in [7, 11) is 0. The second-order valence-electron chi connectivity index (χ2n) is 6.55. The highest BCUT2D eigenvalue weighted by atomic mass is 19.1. The van der Waals surface area contributed by atoms with Crippen LogP contribution in [0.3, 0.4) is 0 Å². The van der Waals surface area contributed by atoms with Crippen LogP contribution in [0, 0.1) is 11.9 Å². The standard InChI is InChI=1S/C19H16F2N6/c1-19(2,13-5-3-7-17(22-13)26-11-9-15(20)24-26)14-6-4-8-18(23-14)27-12-10-16(21)25-27/h3-12H,1-2H3. The van der Waals surface area contributed by atoms with E-state index >= 15 is 0 Å². The van der Waals surface area contributed by atoms with Gasteiger partial charge in [-0.2, -0.15) is 8.78 Å². The van der Waals surface area contributed by atoms with Crippen LogP contribution in [-0.2, 0) is 5.41 Å². The van der Waals surface area contributed by atoms with E-state index in [1.165, 1.54) is 33.9 Å². The van der Waals surface area contributed by atoms with Gasteiger partial charge in [-0.3, -0.25) is 0 Å². The molecule has 0 saturated carbocycles. The van der Waals surface area contributed by atoms with Gasteiger partial charge in [-0.1, -0.05) is 12.1 Å². The maximum Gasteiger partial charge on any atom is 0.233 e. The van der Waals surface area contributed by atoms with Crippen molar-refractivity contribution in [2.45, 2.75) is 19.3 Å². The molecular formula is C19H16F2N6. The second-order valence-corrected chi connectivity index (χ2v) is 6.55. The van der Waals surface area contributed by atoms with E-state index in [2.05, 4.69) is 20.2 Å². The summed E-state index contributed by atoms with van der Waals surface area (Å²) < 4.78 is 29.2. The monoisotopic (exact) mass is 366 g/mol. The van der Waals surface area contributed by atoms with Gasteiger partial charge in [-0.05, 0) is 38.1 Å². The van der Waals surface area contributed by atoms with Crippen molar-refractivity contribution in [3.05, 3.63) is 84.2 Å². The van der Waals surface area contributed by atoms with E-state index in [1.807, 2.05) is 38.1 Å². The van der Waals surface area contributed by atoms with Gasteiger partial charge in [0.1, 0.15) is 0 Å². The fourth-order valence-electron chi connectivity index (χ4n) is 2.79. The molecule has 0 radical (unpaired) electrons. The SMILES string of the molecule is CC(C)(c1cccc(-n2ccc(F)n2)n1)c1cccc(-n2ccc(F)n2)n1. The first-order valence-electron chi connectivity index (χ1n) is 8.32. The topological polar surface area (TPSA) is 61.4 Å². The summed E-state index contributed by atoms with van der Waals surface area (Å²) in [6, 6.07) is 13.5. The van der Waals surface area contributed by atoms with Crippen molar-refractivity contribution in [1.29, 1.82) is 0 Å². The van der Waals surface area contributed by atoms with Gasteiger partial charge in [0.05, 0.1) is 11.4 Å². The number of nitrogens with zero attached hydrogens (tertiary/aromatic N) is 6. The molecular weight excluding hydrogens is 350 g/mol. The minimum absolute atomic E-state index is 0.509. The first-order valence-corrected chi connectivity index (χ1v) is 8.32. The van der Waals surface area contributed by atoms with Crippen LogP contribution in [0.25, 0.3) is 11.6 Å². The number of aromatic nitrogens is 6. The lowest BCUT2D eigenvalue weighted by atomic mass is 9.84. The number of hydrogen-bond donors (Lipinski definition) is 0. The van der Waals surface area contributed by atoms with Gasteiger partial charge in [0, 0.05) is 29.9 Å². The van der Waals surface area contributed by atoms with Crippen LogP contribution in [0.15, 0.2) is 60.9 Å². The Kier molecular flexibility index (Phi) is 4.02. The quantitative estimate of drug-likeness (QED) is 0.555. The van der Waals surface area contributed by atoms with Crippen molar-refractivity contribution in [1.82, 2.24) is 29.5 Å².